The summed E-state index contributed by atoms with van der Waals surface area (Å²) < 4.78 is 23.0. The summed E-state index contributed by atoms with van der Waals surface area (Å²) in [5.74, 6) is 0.634. The third-order valence-corrected chi connectivity index (χ3v) is 6.74. The number of rotatable bonds is 4. The molecule has 2 heterocycles. The van der Waals surface area contributed by atoms with E-state index in [0.29, 0.717) is 10.8 Å². The molecule has 0 amide bonds. The number of nitrogens with zero attached hydrogens (tertiary/aromatic N) is 1. The lowest BCUT2D eigenvalue weighted by Gasteiger charge is -2.21. The third-order valence-electron chi connectivity index (χ3n) is 4.29. The number of hydrogen-bond donors (Lipinski definition) is 1. The molecule has 0 saturated carbocycles. The van der Waals surface area contributed by atoms with Crippen LogP contribution in [0.2, 0.25) is 0 Å². The molecule has 6 heteroatoms. The van der Waals surface area contributed by atoms with Gasteiger partial charge in [0.15, 0.2) is 9.84 Å². The standard InChI is InChI=1S/C17H22N2O2S2/c1-12-17(14-7-9-18-10-8-14)22-16(19-12)11-13-3-5-15(6-4-13)23(2,20)21/h3-6,14,18H,7-11H2,1-2H3. The average Bonchev–Trinajstić information content (AvgIpc) is 2.88. The highest BCUT2D eigenvalue weighted by Crippen LogP contribution is 2.33. The summed E-state index contributed by atoms with van der Waals surface area (Å²) in [7, 11) is -3.13. The summed E-state index contributed by atoms with van der Waals surface area (Å²) in [5.41, 5.74) is 2.26. The minimum absolute atomic E-state index is 0.368. The van der Waals surface area contributed by atoms with Gasteiger partial charge < -0.3 is 5.32 Å². The molecule has 0 aliphatic carbocycles. The lowest BCUT2D eigenvalue weighted by atomic mass is 9.96. The van der Waals surface area contributed by atoms with E-state index in [0.717, 1.165) is 35.8 Å². The van der Waals surface area contributed by atoms with Gasteiger partial charge in [0.25, 0.3) is 0 Å². The molecule has 0 unspecified atom stereocenters. The second kappa shape index (κ2) is 6.71. The van der Waals surface area contributed by atoms with E-state index in [-0.39, 0.29) is 0 Å². The molecule has 4 nitrogen and oxygen atoms in total. The Balaban J connectivity index is 1.75. The third kappa shape index (κ3) is 4.00. The van der Waals surface area contributed by atoms with Crippen LogP contribution in [0.15, 0.2) is 29.2 Å². The first-order valence-electron chi connectivity index (χ1n) is 7.89. The highest BCUT2D eigenvalue weighted by atomic mass is 32.2. The van der Waals surface area contributed by atoms with Crippen molar-refractivity contribution in [3.63, 3.8) is 0 Å². The van der Waals surface area contributed by atoms with Crippen molar-refractivity contribution >= 4 is 21.2 Å². The molecule has 1 aromatic carbocycles. The van der Waals surface area contributed by atoms with Gasteiger partial charge in [-0.05, 0) is 56.5 Å². The highest BCUT2D eigenvalue weighted by Gasteiger charge is 2.20. The van der Waals surface area contributed by atoms with Crippen LogP contribution in [0.4, 0.5) is 0 Å². The Labute approximate surface area is 141 Å². The van der Waals surface area contributed by atoms with Gasteiger partial charge in [-0.3, -0.25) is 0 Å². The smallest absolute Gasteiger partial charge is 0.175 e. The largest absolute Gasteiger partial charge is 0.317 e. The highest BCUT2D eigenvalue weighted by molar-refractivity contribution is 7.90. The zero-order chi connectivity index (χ0) is 16.4. The van der Waals surface area contributed by atoms with Crippen LogP contribution < -0.4 is 5.32 Å². The maximum Gasteiger partial charge on any atom is 0.175 e. The van der Waals surface area contributed by atoms with Crippen LogP contribution in [0, 0.1) is 6.92 Å². The van der Waals surface area contributed by atoms with Crippen LogP contribution >= 0.6 is 11.3 Å². The summed E-state index contributed by atoms with van der Waals surface area (Å²) in [6, 6.07) is 7.13. The van der Waals surface area contributed by atoms with Gasteiger partial charge in [0.05, 0.1) is 15.6 Å². The fourth-order valence-corrected chi connectivity index (χ4v) is 4.93. The molecule has 124 valence electrons. The molecule has 2 aromatic rings. The number of hydrogen-bond acceptors (Lipinski definition) is 5. The van der Waals surface area contributed by atoms with E-state index in [2.05, 4.69) is 12.2 Å². The summed E-state index contributed by atoms with van der Waals surface area (Å²) in [4.78, 5) is 6.52. The normalized spacial score (nSPS) is 16.6. The SMILES string of the molecule is Cc1nc(Cc2ccc(S(C)(=O)=O)cc2)sc1C1CCNCC1. The monoisotopic (exact) mass is 350 g/mol. The molecule has 0 radical (unpaired) electrons. The minimum Gasteiger partial charge on any atom is -0.317 e. The molecule has 3 rings (SSSR count). The average molecular weight is 351 g/mol. The van der Waals surface area contributed by atoms with Crippen molar-refractivity contribution in [1.29, 1.82) is 0 Å². The second-order valence-electron chi connectivity index (χ2n) is 6.17. The Kier molecular flexibility index (Phi) is 4.85. The van der Waals surface area contributed by atoms with Crippen molar-refractivity contribution in [2.75, 3.05) is 19.3 Å². The van der Waals surface area contributed by atoms with E-state index in [9.17, 15) is 8.42 Å². The zero-order valence-electron chi connectivity index (χ0n) is 13.5. The quantitative estimate of drug-likeness (QED) is 0.921. The predicted molar refractivity (Wildman–Crippen MR) is 94.1 cm³/mol. The number of aromatic nitrogens is 1. The lowest BCUT2D eigenvalue weighted by molar-refractivity contribution is 0.463. The number of benzene rings is 1. The number of sulfone groups is 1. The van der Waals surface area contributed by atoms with Crippen molar-refractivity contribution in [2.45, 2.75) is 37.0 Å². The van der Waals surface area contributed by atoms with Gasteiger partial charge in [-0.1, -0.05) is 12.1 Å². The van der Waals surface area contributed by atoms with E-state index in [1.165, 1.54) is 24.0 Å². The first-order valence-corrected chi connectivity index (χ1v) is 10.6. The van der Waals surface area contributed by atoms with Crippen LogP contribution in [0.3, 0.4) is 0 Å². The van der Waals surface area contributed by atoms with Gasteiger partial charge in [-0.15, -0.1) is 11.3 Å². The molecule has 1 aliphatic heterocycles. The molecule has 1 aromatic heterocycles. The Hall–Kier alpha value is -1.24. The maximum absolute atomic E-state index is 11.5. The molecular formula is C17H22N2O2S2. The molecule has 0 bridgehead atoms. The number of aryl methyl sites for hydroxylation is 1. The fourth-order valence-electron chi connectivity index (χ4n) is 3.03. The maximum atomic E-state index is 11.5. The van der Waals surface area contributed by atoms with E-state index < -0.39 is 9.84 Å². The topological polar surface area (TPSA) is 59.1 Å². The second-order valence-corrected chi connectivity index (χ2v) is 9.31. The molecule has 23 heavy (non-hydrogen) atoms. The van der Waals surface area contributed by atoms with Crippen LogP contribution in [-0.2, 0) is 16.3 Å². The van der Waals surface area contributed by atoms with Crippen LogP contribution in [0.5, 0.6) is 0 Å². The van der Waals surface area contributed by atoms with E-state index >= 15 is 0 Å². The first kappa shape index (κ1) is 16.6. The Bertz CT molecular complexity index is 773. The van der Waals surface area contributed by atoms with Crippen LogP contribution in [0.25, 0.3) is 0 Å². The van der Waals surface area contributed by atoms with Crippen molar-refractivity contribution in [3.05, 3.63) is 45.4 Å². The van der Waals surface area contributed by atoms with E-state index in [4.69, 9.17) is 4.98 Å². The first-order chi connectivity index (χ1) is 10.9. The van der Waals surface area contributed by atoms with Gasteiger partial charge in [0, 0.05) is 17.6 Å². The van der Waals surface area contributed by atoms with Crippen LogP contribution in [0.1, 0.15) is 39.9 Å². The minimum atomic E-state index is -3.13. The molecule has 1 N–H and O–H groups in total. The van der Waals surface area contributed by atoms with E-state index in [1.807, 2.05) is 23.5 Å². The fraction of sp³-hybridized carbons (Fsp3) is 0.471. The number of nitrogens with one attached hydrogen (secondary N) is 1. The Morgan fingerprint density at radius 2 is 1.87 bits per heavy atom. The molecule has 1 saturated heterocycles. The summed E-state index contributed by atoms with van der Waals surface area (Å²) in [6.45, 7) is 4.28. The van der Waals surface area contributed by atoms with Crippen molar-refractivity contribution in [2.24, 2.45) is 0 Å². The van der Waals surface area contributed by atoms with Gasteiger partial charge >= 0.3 is 0 Å². The van der Waals surface area contributed by atoms with Gasteiger partial charge in [0.1, 0.15) is 0 Å². The zero-order valence-corrected chi connectivity index (χ0v) is 15.1. The van der Waals surface area contributed by atoms with Gasteiger partial charge in [-0.25, -0.2) is 13.4 Å². The van der Waals surface area contributed by atoms with Crippen molar-refractivity contribution in [3.8, 4) is 0 Å². The molecule has 1 fully saturated rings. The number of piperidine rings is 1. The van der Waals surface area contributed by atoms with E-state index in [1.54, 1.807) is 12.1 Å². The predicted octanol–water partition coefficient (Wildman–Crippen LogP) is 2.91. The summed E-state index contributed by atoms with van der Waals surface area (Å²) >= 11 is 1.81. The van der Waals surface area contributed by atoms with Crippen molar-refractivity contribution < 1.29 is 8.42 Å². The Morgan fingerprint density at radius 3 is 2.48 bits per heavy atom. The molecule has 0 spiro atoms. The molecular weight excluding hydrogens is 328 g/mol. The van der Waals surface area contributed by atoms with Crippen LogP contribution in [-0.4, -0.2) is 32.7 Å². The van der Waals surface area contributed by atoms with Gasteiger partial charge in [-0.2, -0.15) is 0 Å². The molecule has 1 aliphatic rings. The lowest BCUT2D eigenvalue weighted by Crippen LogP contribution is -2.26. The summed E-state index contributed by atoms with van der Waals surface area (Å²) in [6.07, 6.45) is 4.37. The van der Waals surface area contributed by atoms with Gasteiger partial charge in [0.2, 0.25) is 0 Å². The number of thiazole rings is 1. The van der Waals surface area contributed by atoms with Crippen molar-refractivity contribution in [1.82, 2.24) is 10.3 Å². The molecule has 0 atom stereocenters. The Morgan fingerprint density at radius 1 is 1.22 bits per heavy atom. The summed E-state index contributed by atoms with van der Waals surface area (Å²) in [5, 5.41) is 4.52.